The molecule has 1 aliphatic carbocycles. The fourth-order valence-corrected chi connectivity index (χ4v) is 3.07. The quantitative estimate of drug-likeness (QED) is 0.668. The van der Waals surface area contributed by atoms with Crippen LogP contribution in [0.2, 0.25) is 0 Å². The molecular weight excluding hydrogens is 270 g/mol. The van der Waals surface area contributed by atoms with Crippen molar-refractivity contribution < 1.29 is 19.5 Å². The van der Waals surface area contributed by atoms with Crippen molar-refractivity contribution in [3.63, 3.8) is 0 Å². The van der Waals surface area contributed by atoms with Crippen LogP contribution in [-0.4, -0.2) is 22.9 Å². The highest BCUT2D eigenvalue weighted by Crippen LogP contribution is 2.39. The van der Waals surface area contributed by atoms with E-state index >= 15 is 0 Å². The molecule has 0 saturated carbocycles. The van der Waals surface area contributed by atoms with Crippen molar-refractivity contribution in [3.8, 4) is 0 Å². The first-order valence-electron chi connectivity index (χ1n) is 6.86. The minimum atomic E-state index is -1.08. The highest BCUT2D eigenvalue weighted by molar-refractivity contribution is 6.22. The number of carbonyl (C=O) groups excluding carboxylic acids is 2. The van der Waals surface area contributed by atoms with Crippen LogP contribution in [0.15, 0.2) is 35.9 Å². The largest absolute Gasteiger partial charge is 0.478 e. The molecule has 21 heavy (non-hydrogen) atoms. The summed E-state index contributed by atoms with van der Waals surface area (Å²) < 4.78 is 0. The number of hydrogen-bond donors (Lipinski definition) is 1. The van der Waals surface area contributed by atoms with Gasteiger partial charge in [-0.05, 0) is 38.0 Å². The van der Waals surface area contributed by atoms with Gasteiger partial charge < -0.3 is 5.11 Å². The molecule has 5 nitrogen and oxygen atoms in total. The molecule has 5 heteroatoms. The van der Waals surface area contributed by atoms with Gasteiger partial charge in [-0.2, -0.15) is 0 Å². The third-order valence-electron chi connectivity index (χ3n) is 4.17. The smallest absolute Gasteiger partial charge is 0.335 e. The lowest BCUT2D eigenvalue weighted by Crippen LogP contribution is -2.31. The molecule has 1 fully saturated rings. The summed E-state index contributed by atoms with van der Waals surface area (Å²) in [5, 5.41) is 9.03. The number of nitrogens with zero attached hydrogens (tertiary/aromatic N) is 1. The molecule has 0 spiro atoms. The minimum absolute atomic E-state index is 0.0669. The zero-order valence-electron chi connectivity index (χ0n) is 11.6. The maximum absolute atomic E-state index is 12.5. The van der Waals surface area contributed by atoms with Crippen molar-refractivity contribution >= 4 is 23.5 Å². The van der Waals surface area contributed by atoms with E-state index in [1.54, 1.807) is 12.1 Å². The van der Waals surface area contributed by atoms with Crippen molar-refractivity contribution in [2.24, 2.45) is 11.8 Å². The number of carboxylic acids is 1. The Morgan fingerprint density at radius 2 is 1.95 bits per heavy atom. The van der Waals surface area contributed by atoms with Gasteiger partial charge in [-0.1, -0.05) is 17.7 Å². The van der Waals surface area contributed by atoms with Gasteiger partial charge in [0.15, 0.2) is 0 Å². The van der Waals surface area contributed by atoms with E-state index in [1.807, 2.05) is 13.0 Å². The highest BCUT2D eigenvalue weighted by atomic mass is 16.4. The summed E-state index contributed by atoms with van der Waals surface area (Å²) in [5.74, 6) is -2.15. The normalized spacial score (nSPS) is 24.8. The molecular formula is C16H15NO4. The second-order valence-corrected chi connectivity index (χ2v) is 5.57. The van der Waals surface area contributed by atoms with Crippen LogP contribution in [0, 0.1) is 11.8 Å². The van der Waals surface area contributed by atoms with Gasteiger partial charge in [-0.3, -0.25) is 14.5 Å². The zero-order valence-corrected chi connectivity index (χ0v) is 11.6. The van der Waals surface area contributed by atoms with Crippen LogP contribution in [0.25, 0.3) is 0 Å². The Balaban J connectivity index is 1.97. The number of carboxylic acid groups (broad SMARTS) is 1. The number of imide groups is 1. The highest BCUT2D eigenvalue weighted by Gasteiger charge is 2.48. The number of amides is 2. The maximum atomic E-state index is 12.5. The van der Waals surface area contributed by atoms with E-state index in [2.05, 4.69) is 0 Å². The summed E-state index contributed by atoms with van der Waals surface area (Å²) in [5.41, 5.74) is 1.53. The fourth-order valence-electron chi connectivity index (χ4n) is 3.07. The van der Waals surface area contributed by atoms with E-state index in [4.69, 9.17) is 5.11 Å². The van der Waals surface area contributed by atoms with Gasteiger partial charge in [0.25, 0.3) is 0 Å². The number of hydrogen-bond acceptors (Lipinski definition) is 3. The zero-order chi connectivity index (χ0) is 15.1. The Morgan fingerprint density at radius 3 is 2.67 bits per heavy atom. The van der Waals surface area contributed by atoms with Gasteiger partial charge in [0, 0.05) is 0 Å². The fraction of sp³-hybridized carbons (Fsp3) is 0.312. The SMILES string of the molecule is CC1=CC[C@@H]2C(=O)N(c3cccc(C(=O)O)c3)C(=O)[C@H]2C1. The lowest BCUT2D eigenvalue weighted by molar-refractivity contribution is -0.122. The predicted octanol–water partition coefficient (Wildman–Crippen LogP) is 2.23. The second kappa shape index (κ2) is 4.84. The Kier molecular flexibility index (Phi) is 3.12. The molecule has 0 aromatic heterocycles. The number of fused-ring (bicyclic) bond motifs is 1. The summed E-state index contributed by atoms with van der Waals surface area (Å²) >= 11 is 0. The number of carbonyl (C=O) groups is 3. The third-order valence-corrected chi connectivity index (χ3v) is 4.17. The monoisotopic (exact) mass is 285 g/mol. The molecule has 2 atom stereocenters. The molecule has 108 valence electrons. The van der Waals surface area contributed by atoms with Crippen molar-refractivity contribution in [2.45, 2.75) is 19.8 Å². The number of benzene rings is 1. The summed E-state index contributed by atoms with van der Waals surface area (Å²) in [6.07, 6.45) is 3.18. The third kappa shape index (κ3) is 2.14. The van der Waals surface area contributed by atoms with E-state index in [1.165, 1.54) is 12.1 Å². The van der Waals surface area contributed by atoms with Crippen LogP contribution in [0.5, 0.6) is 0 Å². The van der Waals surface area contributed by atoms with Gasteiger partial charge in [0.05, 0.1) is 23.1 Å². The molecule has 1 N–H and O–H groups in total. The lowest BCUT2D eigenvalue weighted by Gasteiger charge is -2.18. The first-order chi connectivity index (χ1) is 9.99. The Labute approximate surface area is 121 Å². The van der Waals surface area contributed by atoms with Crippen LogP contribution < -0.4 is 4.90 Å². The Morgan fingerprint density at radius 1 is 1.24 bits per heavy atom. The standard InChI is InChI=1S/C16H15NO4/c1-9-5-6-12-13(7-9)15(19)17(14(12)18)11-4-2-3-10(8-11)16(20)21/h2-5,8,12-13H,6-7H2,1H3,(H,20,21)/t12-,13-/m0/s1. The van der Waals surface area contributed by atoms with E-state index in [-0.39, 0.29) is 29.2 Å². The van der Waals surface area contributed by atoms with E-state index in [9.17, 15) is 14.4 Å². The van der Waals surface area contributed by atoms with E-state index < -0.39 is 5.97 Å². The average Bonchev–Trinajstić information content (AvgIpc) is 2.70. The van der Waals surface area contributed by atoms with Gasteiger partial charge in [0.2, 0.25) is 11.8 Å². The minimum Gasteiger partial charge on any atom is -0.478 e. The molecule has 1 heterocycles. The van der Waals surface area contributed by atoms with Crippen molar-refractivity contribution in [2.75, 3.05) is 4.90 Å². The molecule has 3 rings (SSSR count). The van der Waals surface area contributed by atoms with Gasteiger partial charge in [-0.25, -0.2) is 4.79 Å². The molecule has 1 aromatic carbocycles. The van der Waals surface area contributed by atoms with E-state index in [0.717, 1.165) is 10.5 Å². The van der Waals surface area contributed by atoms with Crippen LogP contribution in [0.3, 0.4) is 0 Å². The topological polar surface area (TPSA) is 74.7 Å². The average molecular weight is 285 g/mol. The van der Waals surface area contributed by atoms with E-state index in [0.29, 0.717) is 18.5 Å². The maximum Gasteiger partial charge on any atom is 0.335 e. The van der Waals surface area contributed by atoms with Gasteiger partial charge in [0.1, 0.15) is 0 Å². The lowest BCUT2D eigenvalue weighted by atomic mass is 9.82. The van der Waals surface area contributed by atoms with Crippen LogP contribution >= 0.6 is 0 Å². The Hall–Kier alpha value is -2.43. The van der Waals surface area contributed by atoms with Crippen LogP contribution in [-0.2, 0) is 9.59 Å². The van der Waals surface area contributed by atoms with Gasteiger partial charge >= 0.3 is 5.97 Å². The summed E-state index contributed by atoms with van der Waals surface area (Å²) in [7, 11) is 0. The molecule has 1 saturated heterocycles. The number of allylic oxidation sites excluding steroid dienone is 2. The number of aromatic carboxylic acids is 1. The molecule has 0 bridgehead atoms. The number of rotatable bonds is 2. The van der Waals surface area contributed by atoms with Gasteiger partial charge in [-0.15, -0.1) is 0 Å². The first kappa shape index (κ1) is 13.5. The summed E-state index contributed by atoms with van der Waals surface area (Å²) in [6, 6.07) is 5.95. The van der Waals surface area contributed by atoms with Crippen LogP contribution in [0.1, 0.15) is 30.1 Å². The molecule has 2 amide bonds. The summed E-state index contributed by atoms with van der Waals surface area (Å²) in [6.45, 7) is 1.96. The molecule has 2 aliphatic rings. The van der Waals surface area contributed by atoms with Crippen molar-refractivity contribution in [3.05, 3.63) is 41.5 Å². The molecule has 0 radical (unpaired) electrons. The van der Waals surface area contributed by atoms with Crippen molar-refractivity contribution in [1.82, 2.24) is 0 Å². The Bertz CT molecular complexity index is 677. The molecule has 1 aromatic rings. The molecule has 0 unspecified atom stereocenters. The molecule has 1 aliphatic heterocycles. The van der Waals surface area contributed by atoms with Crippen molar-refractivity contribution in [1.29, 1.82) is 0 Å². The second-order valence-electron chi connectivity index (χ2n) is 5.57. The summed E-state index contributed by atoms with van der Waals surface area (Å²) in [4.78, 5) is 37.2. The first-order valence-corrected chi connectivity index (χ1v) is 6.86. The van der Waals surface area contributed by atoms with Crippen LogP contribution in [0.4, 0.5) is 5.69 Å². The number of anilines is 1. The predicted molar refractivity (Wildman–Crippen MR) is 75.9 cm³/mol.